The fraction of sp³-hybridized carbons (Fsp3) is 0.208. The molecular formula is C24H24N6O2S2. The van der Waals surface area contributed by atoms with Gasteiger partial charge in [-0.3, -0.25) is 9.59 Å². The molecule has 2 aromatic heterocycles. The zero-order valence-electron chi connectivity index (χ0n) is 18.8. The summed E-state index contributed by atoms with van der Waals surface area (Å²) in [4.78, 5) is 29.4. The lowest BCUT2D eigenvalue weighted by Gasteiger charge is -2.08. The molecule has 34 heavy (non-hydrogen) atoms. The number of amides is 2. The Morgan fingerprint density at radius 1 is 1.00 bits per heavy atom. The second-order valence-electron chi connectivity index (χ2n) is 7.47. The quantitative estimate of drug-likeness (QED) is 0.330. The Bertz CT molecular complexity index is 1270. The van der Waals surface area contributed by atoms with E-state index in [9.17, 15) is 9.59 Å². The highest BCUT2D eigenvalue weighted by molar-refractivity contribution is 7.99. The maximum absolute atomic E-state index is 12.5. The van der Waals surface area contributed by atoms with Crippen molar-refractivity contribution >= 4 is 45.7 Å². The van der Waals surface area contributed by atoms with Crippen molar-refractivity contribution in [3.05, 3.63) is 71.4 Å². The summed E-state index contributed by atoms with van der Waals surface area (Å²) in [6.07, 6.45) is 0.100. The molecule has 0 radical (unpaired) electrons. The fourth-order valence-electron chi connectivity index (χ4n) is 3.22. The van der Waals surface area contributed by atoms with Crippen molar-refractivity contribution < 1.29 is 9.59 Å². The molecule has 2 N–H and O–H groups in total. The SMILES string of the molecule is CCn1c(CC(=O)Nc2ccc(C)cc2)nnc1SCC(=O)Nc1nc(-c2ccccc2)cs1. The van der Waals surface area contributed by atoms with Gasteiger partial charge in [0.05, 0.1) is 17.9 Å². The highest BCUT2D eigenvalue weighted by Crippen LogP contribution is 2.25. The lowest BCUT2D eigenvalue weighted by molar-refractivity contribution is -0.116. The van der Waals surface area contributed by atoms with Crippen LogP contribution < -0.4 is 10.6 Å². The summed E-state index contributed by atoms with van der Waals surface area (Å²) >= 11 is 2.66. The van der Waals surface area contributed by atoms with Crippen LogP contribution in [0, 0.1) is 6.92 Å². The van der Waals surface area contributed by atoms with Crippen molar-refractivity contribution in [1.82, 2.24) is 19.7 Å². The molecule has 0 unspecified atom stereocenters. The number of rotatable bonds is 9. The lowest BCUT2D eigenvalue weighted by atomic mass is 10.2. The van der Waals surface area contributed by atoms with Gasteiger partial charge in [0, 0.05) is 23.2 Å². The number of benzene rings is 2. The smallest absolute Gasteiger partial charge is 0.236 e. The summed E-state index contributed by atoms with van der Waals surface area (Å²) in [6, 6.07) is 17.4. The van der Waals surface area contributed by atoms with Gasteiger partial charge in [0.2, 0.25) is 11.8 Å². The molecule has 4 rings (SSSR count). The monoisotopic (exact) mass is 492 g/mol. The molecular weight excluding hydrogens is 468 g/mol. The van der Waals surface area contributed by atoms with Crippen LogP contribution in [0.1, 0.15) is 18.3 Å². The lowest BCUT2D eigenvalue weighted by Crippen LogP contribution is -2.18. The average molecular weight is 493 g/mol. The minimum atomic E-state index is -0.178. The first-order valence-electron chi connectivity index (χ1n) is 10.7. The zero-order chi connectivity index (χ0) is 23.9. The minimum Gasteiger partial charge on any atom is -0.326 e. The summed E-state index contributed by atoms with van der Waals surface area (Å²) in [7, 11) is 0. The molecule has 0 atom stereocenters. The predicted octanol–water partition coefficient (Wildman–Crippen LogP) is 4.64. The second-order valence-corrected chi connectivity index (χ2v) is 9.28. The maximum Gasteiger partial charge on any atom is 0.236 e. The van der Waals surface area contributed by atoms with Crippen LogP contribution in [-0.4, -0.2) is 37.3 Å². The third-order valence-corrected chi connectivity index (χ3v) is 6.64. The highest BCUT2D eigenvalue weighted by Gasteiger charge is 2.16. The molecule has 10 heteroatoms. The molecule has 0 aliphatic rings. The van der Waals surface area contributed by atoms with Gasteiger partial charge in [-0.15, -0.1) is 21.5 Å². The van der Waals surface area contributed by atoms with Crippen molar-refractivity contribution in [1.29, 1.82) is 0 Å². The third kappa shape index (κ3) is 6.09. The van der Waals surface area contributed by atoms with Crippen LogP contribution in [0.3, 0.4) is 0 Å². The summed E-state index contributed by atoms with van der Waals surface area (Å²) in [5, 5.41) is 17.1. The molecule has 0 bridgehead atoms. The van der Waals surface area contributed by atoms with Crippen molar-refractivity contribution in [2.75, 3.05) is 16.4 Å². The summed E-state index contributed by atoms with van der Waals surface area (Å²) in [5.41, 5.74) is 3.69. The zero-order valence-corrected chi connectivity index (χ0v) is 20.4. The van der Waals surface area contributed by atoms with Gasteiger partial charge in [-0.25, -0.2) is 4.98 Å². The number of thiazole rings is 1. The Labute approximate surface area is 205 Å². The van der Waals surface area contributed by atoms with Crippen LogP contribution in [0.15, 0.2) is 65.1 Å². The molecule has 174 valence electrons. The van der Waals surface area contributed by atoms with E-state index in [1.165, 1.54) is 23.1 Å². The van der Waals surface area contributed by atoms with Crippen LogP contribution >= 0.6 is 23.1 Å². The van der Waals surface area contributed by atoms with Gasteiger partial charge in [-0.1, -0.05) is 59.8 Å². The molecule has 0 fully saturated rings. The van der Waals surface area contributed by atoms with Gasteiger partial charge in [0.15, 0.2) is 10.3 Å². The predicted molar refractivity (Wildman–Crippen MR) is 136 cm³/mol. The first kappa shape index (κ1) is 23.7. The molecule has 0 aliphatic heterocycles. The Hall–Kier alpha value is -3.50. The minimum absolute atomic E-state index is 0.100. The molecule has 2 amide bonds. The Morgan fingerprint density at radius 3 is 2.50 bits per heavy atom. The Kier molecular flexibility index (Phi) is 7.71. The van der Waals surface area contributed by atoms with E-state index in [1.807, 2.05) is 78.4 Å². The van der Waals surface area contributed by atoms with Crippen LogP contribution in [0.4, 0.5) is 10.8 Å². The van der Waals surface area contributed by atoms with E-state index in [0.717, 1.165) is 22.5 Å². The molecule has 4 aromatic rings. The Morgan fingerprint density at radius 2 is 1.76 bits per heavy atom. The molecule has 0 spiro atoms. The number of carbonyl (C=O) groups excluding carboxylic acids is 2. The topological polar surface area (TPSA) is 102 Å². The van der Waals surface area contributed by atoms with E-state index in [4.69, 9.17) is 0 Å². The molecule has 0 saturated heterocycles. The van der Waals surface area contributed by atoms with Gasteiger partial charge in [-0.05, 0) is 26.0 Å². The fourth-order valence-corrected chi connectivity index (χ4v) is 4.78. The number of hydrogen-bond acceptors (Lipinski definition) is 7. The van der Waals surface area contributed by atoms with E-state index in [-0.39, 0.29) is 24.0 Å². The number of anilines is 2. The molecule has 0 aliphatic carbocycles. The molecule has 8 nitrogen and oxygen atoms in total. The third-order valence-electron chi connectivity index (χ3n) is 4.92. The first-order valence-corrected chi connectivity index (χ1v) is 12.6. The van der Waals surface area contributed by atoms with Crippen molar-refractivity contribution in [2.45, 2.75) is 32.0 Å². The Balaban J connectivity index is 1.32. The van der Waals surface area contributed by atoms with Gasteiger partial charge in [0.1, 0.15) is 5.82 Å². The second kappa shape index (κ2) is 11.1. The average Bonchev–Trinajstić information content (AvgIpc) is 3.46. The highest BCUT2D eigenvalue weighted by atomic mass is 32.2. The van der Waals surface area contributed by atoms with Gasteiger partial charge in [-0.2, -0.15) is 0 Å². The van der Waals surface area contributed by atoms with Crippen LogP contribution in [0.25, 0.3) is 11.3 Å². The largest absolute Gasteiger partial charge is 0.326 e. The van der Waals surface area contributed by atoms with Crippen molar-refractivity contribution in [3.8, 4) is 11.3 Å². The summed E-state index contributed by atoms with van der Waals surface area (Å²) in [6.45, 7) is 4.54. The van der Waals surface area contributed by atoms with Crippen LogP contribution in [-0.2, 0) is 22.6 Å². The van der Waals surface area contributed by atoms with Crippen molar-refractivity contribution in [3.63, 3.8) is 0 Å². The molecule has 0 saturated carbocycles. The van der Waals surface area contributed by atoms with Gasteiger partial charge < -0.3 is 15.2 Å². The van der Waals surface area contributed by atoms with E-state index in [1.54, 1.807) is 0 Å². The molecule has 2 heterocycles. The van der Waals surface area contributed by atoms with E-state index in [2.05, 4.69) is 25.8 Å². The summed E-state index contributed by atoms with van der Waals surface area (Å²) < 4.78 is 1.85. The van der Waals surface area contributed by atoms with E-state index in [0.29, 0.717) is 22.7 Å². The number of carbonyl (C=O) groups is 2. The van der Waals surface area contributed by atoms with Crippen molar-refractivity contribution in [2.24, 2.45) is 0 Å². The van der Waals surface area contributed by atoms with E-state index >= 15 is 0 Å². The standard InChI is InChI=1S/C24H24N6O2S2/c1-3-30-20(13-21(31)25-18-11-9-16(2)10-12-18)28-29-24(30)34-15-22(32)27-23-26-19(14-33-23)17-7-5-4-6-8-17/h4-12,14H,3,13,15H2,1-2H3,(H,25,31)(H,26,27,32). The number of nitrogens with zero attached hydrogens (tertiary/aromatic N) is 4. The van der Waals surface area contributed by atoms with E-state index < -0.39 is 0 Å². The first-order chi connectivity index (χ1) is 16.5. The van der Waals surface area contributed by atoms with Gasteiger partial charge in [0.25, 0.3) is 0 Å². The normalized spacial score (nSPS) is 10.8. The van der Waals surface area contributed by atoms with Crippen LogP contribution in [0.5, 0.6) is 0 Å². The maximum atomic E-state index is 12.5. The van der Waals surface area contributed by atoms with Gasteiger partial charge >= 0.3 is 0 Å². The number of nitrogens with one attached hydrogen (secondary N) is 2. The number of hydrogen-bond donors (Lipinski definition) is 2. The van der Waals surface area contributed by atoms with Crippen LogP contribution in [0.2, 0.25) is 0 Å². The number of aromatic nitrogens is 4. The molecule has 2 aromatic carbocycles. The number of thioether (sulfide) groups is 1. The summed E-state index contributed by atoms with van der Waals surface area (Å²) in [5.74, 6) is 0.373. The number of aryl methyl sites for hydroxylation is 1.